The number of likely N-dealkylation sites (tertiary alicyclic amines) is 1. The molecule has 5 aliphatic rings. The van der Waals surface area contributed by atoms with Gasteiger partial charge in [0.15, 0.2) is 0 Å². The molecule has 0 amide bonds. The molecule has 4 fully saturated rings. The molecule has 8 unspecified atom stereocenters. The number of rotatable bonds is 12. The molecule has 260 valence electrons. The molecule has 47 heavy (non-hydrogen) atoms. The third-order valence-corrected chi connectivity index (χ3v) is 13.8. The molecular weight excluding hydrogens is 603 g/mol. The highest BCUT2D eigenvalue weighted by Gasteiger charge is 2.59. The van der Waals surface area contributed by atoms with Gasteiger partial charge < -0.3 is 4.74 Å². The largest absolute Gasteiger partial charge is 0.369 e. The Kier molecular flexibility index (Phi) is 11.4. The van der Waals surface area contributed by atoms with Crippen LogP contribution in [0.25, 0.3) is 0 Å². The van der Waals surface area contributed by atoms with Gasteiger partial charge in [-0.2, -0.15) is 4.41 Å². The van der Waals surface area contributed by atoms with E-state index in [0.717, 1.165) is 51.1 Å². The summed E-state index contributed by atoms with van der Waals surface area (Å²) >= 11 is 1.40. The summed E-state index contributed by atoms with van der Waals surface area (Å²) in [5.74, 6) is 3.26. The average molecular weight is 664 g/mol. The normalized spacial score (nSPS) is 38.1. The zero-order valence-corrected chi connectivity index (χ0v) is 30.8. The quantitative estimate of drug-likeness (QED) is 0.0460. The van der Waals surface area contributed by atoms with Gasteiger partial charge in [0.1, 0.15) is 6.29 Å². The van der Waals surface area contributed by atoms with Crippen molar-refractivity contribution >= 4 is 18.5 Å². The minimum absolute atomic E-state index is 0.0504. The monoisotopic (exact) mass is 663 g/mol. The molecule has 9 atom stereocenters. The molecule has 1 spiro atoms. The fourth-order valence-corrected chi connectivity index (χ4v) is 11.5. The Bertz CT molecular complexity index is 1290. The lowest BCUT2D eigenvalue weighted by Crippen LogP contribution is -2.53. The van der Waals surface area contributed by atoms with Crippen molar-refractivity contribution in [1.29, 1.82) is 0 Å². The number of nitrogens with one attached hydrogen (secondary N) is 1. The number of piperidine rings is 1. The first-order valence-corrected chi connectivity index (χ1v) is 19.4. The van der Waals surface area contributed by atoms with E-state index in [9.17, 15) is 4.79 Å². The summed E-state index contributed by atoms with van der Waals surface area (Å²) in [4.78, 5) is 14.3. The van der Waals surface area contributed by atoms with E-state index in [1.165, 1.54) is 68.3 Å². The highest BCUT2D eigenvalue weighted by molar-refractivity contribution is 7.92. The maximum absolute atomic E-state index is 11.6. The van der Waals surface area contributed by atoms with E-state index in [-0.39, 0.29) is 11.0 Å². The van der Waals surface area contributed by atoms with E-state index in [1.807, 2.05) is 17.5 Å². The third-order valence-electron chi connectivity index (χ3n) is 13.2. The Morgan fingerprint density at radius 2 is 2.02 bits per heavy atom. The number of allylic oxidation sites excluding steroid dienone is 3. The van der Waals surface area contributed by atoms with Gasteiger partial charge >= 0.3 is 0 Å². The van der Waals surface area contributed by atoms with Gasteiger partial charge in [0.25, 0.3) is 0 Å². The van der Waals surface area contributed by atoms with E-state index in [0.29, 0.717) is 42.4 Å². The number of carbonyl (C=O) groups is 1. The van der Waals surface area contributed by atoms with Crippen molar-refractivity contribution in [1.82, 2.24) is 14.7 Å². The molecule has 0 bridgehead atoms. The Morgan fingerprint density at radius 3 is 2.79 bits per heavy atom. The number of hydrogen-bond acceptors (Lipinski definition) is 7. The predicted octanol–water partition coefficient (Wildman–Crippen LogP) is 8.21. The van der Waals surface area contributed by atoms with Gasteiger partial charge in [-0.05, 0) is 105 Å². The number of hydrogen-bond donors (Lipinski definition) is 1. The standard InChI is InChI=1S/C40H61N3O3S/c1-7-18-39(5)32(16-22-44)13-14-34-33-15-19-40(26-29(3)35(33)25-36(34)39)30(4)38-37(46-40)24-28(2)27-43(38)21-20-41-42(6)47-45-23-17-31-11-9-8-10-12-31/h8-12,16,22,28,30,33-34,36-38,41H,7,13-15,17-21,23-27H2,1-6H3/b32-16-/t28?,30-,33?,34?,36?,37?,38?,39?,40?/m0/s1. The molecule has 6 rings (SSSR count). The number of fused-ring (bicyclic) bond motifs is 4. The topological polar surface area (TPSA) is 54.0 Å². The van der Waals surface area contributed by atoms with Crippen LogP contribution in [0.2, 0.25) is 0 Å². The SMILES string of the molecule is CCCC1(C)/C(=C\C=O)CCC2C3CCC4(CC(C)=C3CC21)OC1CC(C)CN(CCNN(C)SOCCc2ccccc2)C1[C@@H]4C. The van der Waals surface area contributed by atoms with Gasteiger partial charge in [-0.3, -0.25) is 13.9 Å². The third kappa shape index (κ3) is 7.23. The number of nitrogens with zero attached hydrogens (tertiary/aromatic N) is 2. The molecular formula is C40H61N3O3S. The molecule has 2 saturated carbocycles. The molecule has 2 heterocycles. The van der Waals surface area contributed by atoms with E-state index in [1.54, 1.807) is 11.1 Å². The summed E-state index contributed by atoms with van der Waals surface area (Å²) in [6, 6.07) is 11.0. The maximum atomic E-state index is 11.6. The van der Waals surface area contributed by atoms with Gasteiger partial charge in [-0.1, -0.05) is 81.2 Å². The van der Waals surface area contributed by atoms with Crippen molar-refractivity contribution in [3.63, 3.8) is 0 Å². The smallest absolute Gasteiger partial charge is 0.142 e. The summed E-state index contributed by atoms with van der Waals surface area (Å²) < 4.78 is 15.2. The van der Waals surface area contributed by atoms with Crippen LogP contribution in [0.4, 0.5) is 0 Å². The van der Waals surface area contributed by atoms with Crippen LogP contribution in [-0.2, 0) is 20.1 Å². The second-order valence-electron chi connectivity index (χ2n) is 16.0. The van der Waals surface area contributed by atoms with Crippen molar-refractivity contribution in [2.75, 3.05) is 33.3 Å². The number of aldehydes is 1. The lowest BCUT2D eigenvalue weighted by Gasteiger charge is -2.47. The first kappa shape index (κ1) is 35.3. The van der Waals surface area contributed by atoms with Crippen molar-refractivity contribution < 1.29 is 13.7 Å². The van der Waals surface area contributed by atoms with Gasteiger partial charge in [0.2, 0.25) is 0 Å². The molecule has 7 heteroatoms. The van der Waals surface area contributed by atoms with Crippen molar-refractivity contribution in [3.8, 4) is 0 Å². The molecule has 2 saturated heterocycles. The van der Waals surface area contributed by atoms with Crippen molar-refractivity contribution in [2.45, 2.75) is 117 Å². The summed E-state index contributed by atoms with van der Waals surface area (Å²) in [5, 5.41) is 0. The first-order valence-electron chi connectivity index (χ1n) is 18.7. The highest BCUT2D eigenvalue weighted by atomic mass is 32.2. The maximum Gasteiger partial charge on any atom is 0.142 e. The second kappa shape index (κ2) is 15.2. The highest BCUT2D eigenvalue weighted by Crippen LogP contribution is 2.63. The lowest BCUT2D eigenvalue weighted by molar-refractivity contribution is -0.104. The molecule has 3 aliphatic carbocycles. The zero-order chi connectivity index (χ0) is 33.2. The average Bonchev–Trinajstić information content (AvgIpc) is 3.51. The molecule has 1 N–H and O–H groups in total. The Labute approximate surface area is 289 Å². The number of benzene rings is 1. The minimum Gasteiger partial charge on any atom is -0.369 e. The fraction of sp³-hybridized carbons (Fsp3) is 0.725. The van der Waals surface area contributed by atoms with Gasteiger partial charge in [-0.15, -0.1) is 0 Å². The second-order valence-corrected chi connectivity index (χ2v) is 16.9. The van der Waals surface area contributed by atoms with Gasteiger partial charge in [-0.25, -0.2) is 5.43 Å². The molecule has 0 aromatic heterocycles. The van der Waals surface area contributed by atoms with E-state index >= 15 is 0 Å². The van der Waals surface area contributed by atoms with Crippen LogP contribution >= 0.6 is 12.2 Å². The van der Waals surface area contributed by atoms with Crippen LogP contribution < -0.4 is 5.43 Å². The van der Waals surface area contributed by atoms with Crippen molar-refractivity contribution in [2.24, 2.45) is 35.0 Å². The molecule has 2 aliphatic heterocycles. The predicted molar refractivity (Wildman–Crippen MR) is 193 cm³/mol. The zero-order valence-electron chi connectivity index (χ0n) is 30.0. The van der Waals surface area contributed by atoms with E-state index in [4.69, 9.17) is 8.92 Å². The number of carbonyl (C=O) groups excluding carboxylic acids is 1. The molecule has 1 aromatic rings. The minimum atomic E-state index is -0.0504. The fourth-order valence-electron chi connectivity index (χ4n) is 11.0. The summed E-state index contributed by atoms with van der Waals surface area (Å²) in [6.07, 6.45) is 14.8. The Hall–Kier alpha value is -1.48. The summed E-state index contributed by atoms with van der Waals surface area (Å²) in [6.45, 7) is 15.9. The number of hydrazine groups is 1. The Morgan fingerprint density at radius 1 is 1.21 bits per heavy atom. The molecule has 6 nitrogen and oxygen atoms in total. The molecule has 0 radical (unpaired) electrons. The number of ether oxygens (including phenoxy) is 1. The van der Waals surface area contributed by atoms with Gasteiger partial charge in [0.05, 0.1) is 30.5 Å². The van der Waals surface area contributed by atoms with Crippen LogP contribution in [-0.4, -0.2) is 66.6 Å². The van der Waals surface area contributed by atoms with Crippen LogP contribution in [0.3, 0.4) is 0 Å². The van der Waals surface area contributed by atoms with Crippen molar-refractivity contribution in [3.05, 3.63) is 58.7 Å². The summed E-state index contributed by atoms with van der Waals surface area (Å²) in [7, 11) is 2.05. The van der Waals surface area contributed by atoms with Crippen LogP contribution in [0.15, 0.2) is 53.1 Å². The van der Waals surface area contributed by atoms with E-state index < -0.39 is 0 Å². The molecule has 1 aromatic carbocycles. The lowest BCUT2D eigenvalue weighted by atomic mass is 9.58. The van der Waals surface area contributed by atoms with Crippen LogP contribution in [0.5, 0.6) is 0 Å². The first-order chi connectivity index (χ1) is 22.7. The summed E-state index contributed by atoms with van der Waals surface area (Å²) in [5.41, 5.74) is 9.79. The van der Waals surface area contributed by atoms with Gasteiger partial charge in [0, 0.05) is 38.6 Å². The van der Waals surface area contributed by atoms with Crippen LogP contribution in [0, 0.1) is 35.0 Å². The Balaban J connectivity index is 1.08. The van der Waals surface area contributed by atoms with E-state index in [2.05, 4.69) is 75.3 Å². The van der Waals surface area contributed by atoms with Crippen LogP contribution in [0.1, 0.15) is 98.0 Å².